The molecule has 0 bridgehead atoms. The minimum Gasteiger partial charge on any atom is -0.369 e. The van der Waals surface area contributed by atoms with Gasteiger partial charge < -0.3 is 4.90 Å². The molecule has 106 valence electrons. The molecular weight excluding hydrogens is 250 g/mol. The summed E-state index contributed by atoms with van der Waals surface area (Å²) >= 11 is 0. The van der Waals surface area contributed by atoms with E-state index in [0.717, 1.165) is 19.4 Å². The van der Waals surface area contributed by atoms with Gasteiger partial charge in [0.05, 0.1) is 5.57 Å². The van der Waals surface area contributed by atoms with E-state index in [4.69, 9.17) is 0 Å². The first kappa shape index (κ1) is 14.5. The molecule has 0 N–H and O–H groups in total. The van der Waals surface area contributed by atoms with Crippen LogP contribution in [-0.4, -0.2) is 22.5 Å². The summed E-state index contributed by atoms with van der Waals surface area (Å²) in [6.45, 7) is 4.33. The second-order valence-corrected chi connectivity index (χ2v) is 5.33. The lowest BCUT2D eigenvalue weighted by molar-refractivity contribution is -0.122. The van der Waals surface area contributed by atoms with Crippen molar-refractivity contribution in [1.82, 2.24) is 4.90 Å². The molecule has 1 aliphatic rings. The third-order valence-corrected chi connectivity index (χ3v) is 3.69. The lowest BCUT2D eigenvalue weighted by Gasteiger charge is -2.34. The molecule has 1 aromatic rings. The van der Waals surface area contributed by atoms with Gasteiger partial charge in [0.25, 0.3) is 0 Å². The molecule has 1 aliphatic heterocycles. The number of allylic oxidation sites excluding steroid dienone is 1. The molecule has 0 fully saturated rings. The summed E-state index contributed by atoms with van der Waals surface area (Å²) in [7, 11) is 0. The summed E-state index contributed by atoms with van der Waals surface area (Å²) in [6, 6.07) is 10.4. The predicted molar refractivity (Wildman–Crippen MR) is 79.1 cm³/mol. The Bertz CT molecular complexity index is 519. The van der Waals surface area contributed by atoms with Crippen LogP contribution in [0.15, 0.2) is 42.1 Å². The van der Waals surface area contributed by atoms with Gasteiger partial charge in [0, 0.05) is 25.2 Å². The smallest absolute Gasteiger partial charge is 0.169 e. The van der Waals surface area contributed by atoms with E-state index in [0.29, 0.717) is 12.0 Å². The van der Waals surface area contributed by atoms with Crippen LogP contribution in [0.1, 0.15) is 38.7 Å². The van der Waals surface area contributed by atoms with Gasteiger partial charge >= 0.3 is 0 Å². The summed E-state index contributed by atoms with van der Waals surface area (Å²) < 4.78 is 0. The SMILES string of the molecule is CCCC1CC(=O)C(C(C)=O)=CN1Cc1ccccc1. The highest BCUT2D eigenvalue weighted by Crippen LogP contribution is 2.24. The van der Waals surface area contributed by atoms with Gasteiger partial charge in [-0.1, -0.05) is 43.7 Å². The van der Waals surface area contributed by atoms with Crippen LogP contribution in [0.2, 0.25) is 0 Å². The van der Waals surface area contributed by atoms with E-state index in [2.05, 4.69) is 24.0 Å². The van der Waals surface area contributed by atoms with Crippen LogP contribution in [0.3, 0.4) is 0 Å². The average Bonchev–Trinajstić information content (AvgIpc) is 2.42. The Labute approximate surface area is 120 Å². The van der Waals surface area contributed by atoms with Gasteiger partial charge in [-0.2, -0.15) is 0 Å². The number of nitrogens with zero attached hydrogens (tertiary/aromatic N) is 1. The van der Waals surface area contributed by atoms with Crippen molar-refractivity contribution in [3.63, 3.8) is 0 Å². The van der Waals surface area contributed by atoms with E-state index < -0.39 is 0 Å². The average molecular weight is 271 g/mol. The van der Waals surface area contributed by atoms with Crippen LogP contribution in [0.4, 0.5) is 0 Å². The van der Waals surface area contributed by atoms with Crippen molar-refractivity contribution >= 4 is 11.6 Å². The lowest BCUT2D eigenvalue weighted by atomic mass is 9.93. The molecule has 0 aliphatic carbocycles. The second-order valence-electron chi connectivity index (χ2n) is 5.33. The normalized spacial score (nSPS) is 18.9. The van der Waals surface area contributed by atoms with Crippen molar-refractivity contribution in [3.05, 3.63) is 47.7 Å². The molecule has 2 rings (SSSR count). The van der Waals surface area contributed by atoms with Crippen LogP contribution in [0.25, 0.3) is 0 Å². The Morgan fingerprint density at radius 3 is 2.60 bits per heavy atom. The number of benzene rings is 1. The topological polar surface area (TPSA) is 37.4 Å². The van der Waals surface area contributed by atoms with Crippen LogP contribution in [-0.2, 0) is 16.1 Å². The molecule has 0 amide bonds. The Morgan fingerprint density at radius 1 is 1.30 bits per heavy atom. The Kier molecular flexibility index (Phi) is 4.72. The van der Waals surface area contributed by atoms with Gasteiger partial charge in [0.15, 0.2) is 11.6 Å². The first-order valence-electron chi connectivity index (χ1n) is 7.17. The number of rotatable bonds is 5. The fourth-order valence-electron chi connectivity index (χ4n) is 2.64. The number of carbonyl (C=O) groups excluding carboxylic acids is 2. The van der Waals surface area contributed by atoms with Crippen molar-refractivity contribution < 1.29 is 9.59 Å². The van der Waals surface area contributed by atoms with Crippen LogP contribution in [0, 0.1) is 0 Å². The molecule has 3 nitrogen and oxygen atoms in total. The van der Waals surface area contributed by atoms with E-state index >= 15 is 0 Å². The molecule has 1 unspecified atom stereocenters. The monoisotopic (exact) mass is 271 g/mol. The van der Waals surface area contributed by atoms with Crippen molar-refractivity contribution in [1.29, 1.82) is 0 Å². The fourth-order valence-corrected chi connectivity index (χ4v) is 2.64. The van der Waals surface area contributed by atoms with Crippen molar-refractivity contribution in [2.45, 2.75) is 45.7 Å². The van der Waals surface area contributed by atoms with Crippen LogP contribution in [0.5, 0.6) is 0 Å². The fraction of sp³-hybridized carbons (Fsp3) is 0.412. The van der Waals surface area contributed by atoms with E-state index in [1.807, 2.05) is 18.2 Å². The highest BCUT2D eigenvalue weighted by atomic mass is 16.1. The van der Waals surface area contributed by atoms with Gasteiger partial charge in [-0.25, -0.2) is 0 Å². The van der Waals surface area contributed by atoms with Gasteiger partial charge in [-0.05, 0) is 18.9 Å². The molecule has 0 saturated carbocycles. The summed E-state index contributed by atoms with van der Waals surface area (Å²) in [5.74, 6) is -0.150. The number of ketones is 2. The highest BCUT2D eigenvalue weighted by molar-refractivity contribution is 6.19. The molecule has 3 heteroatoms. The summed E-state index contributed by atoms with van der Waals surface area (Å²) in [5.41, 5.74) is 1.54. The first-order valence-corrected chi connectivity index (χ1v) is 7.17. The maximum absolute atomic E-state index is 12.0. The standard InChI is InChI=1S/C17H21NO2/c1-3-7-15-10-17(20)16(13(2)19)12-18(15)11-14-8-5-4-6-9-14/h4-6,8-9,12,15H,3,7,10-11H2,1-2H3. The van der Waals surface area contributed by atoms with Crippen LogP contribution < -0.4 is 0 Å². The Balaban J connectivity index is 2.24. The molecule has 1 aromatic carbocycles. The zero-order valence-electron chi connectivity index (χ0n) is 12.1. The first-order chi connectivity index (χ1) is 9.61. The van der Waals surface area contributed by atoms with Crippen LogP contribution >= 0.6 is 0 Å². The van der Waals surface area contributed by atoms with E-state index in [-0.39, 0.29) is 17.6 Å². The molecule has 0 saturated heterocycles. The third kappa shape index (κ3) is 3.35. The maximum Gasteiger partial charge on any atom is 0.169 e. The third-order valence-electron chi connectivity index (χ3n) is 3.69. The molecule has 1 heterocycles. The van der Waals surface area contributed by atoms with Crippen molar-refractivity contribution in [2.75, 3.05) is 0 Å². The minimum atomic E-state index is -0.136. The summed E-state index contributed by atoms with van der Waals surface area (Å²) in [4.78, 5) is 25.7. The van der Waals surface area contributed by atoms with E-state index in [9.17, 15) is 9.59 Å². The molecule has 0 spiro atoms. The van der Waals surface area contributed by atoms with Gasteiger partial charge in [-0.15, -0.1) is 0 Å². The number of Topliss-reactive ketones (excluding diaryl/α,β-unsaturated/α-hetero) is 2. The lowest BCUT2D eigenvalue weighted by Crippen LogP contribution is -2.38. The van der Waals surface area contributed by atoms with E-state index in [1.165, 1.54) is 12.5 Å². The summed E-state index contributed by atoms with van der Waals surface area (Å²) in [5, 5.41) is 0. The molecule has 1 atom stereocenters. The number of carbonyl (C=O) groups is 2. The zero-order chi connectivity index (χ0) is 14.5. The van der Waals surface area contributed by atoms with E-state index in [1.54, 1.807) is 6.20 Å². The predicted octanol–water partition coefficient (Wildman–Crippen LogP) is 3.10. The minimum absolute atomic E-state index is 0.0136. The highest BCUT2D eigenvalue weighted by Gasteiger charge is 2.28. The Hall–Kier alpha value is -1.90. The number of hydrogen-bond acceptors (Lipinski definition) is 3. The summed E-state index contributed by atoms with van der Waals surface area (Å²) in [6.07, 6.45) is 4.22. The van der Waals surface area contributed by atoms with Crippen molar-refractivity contribution in [2.24, 2.45) is 0 Å². The molecule has 0 radical (unpaired) electrons. The van der Waals surface area contributed by atoms with Crippen molar-refractivity contribution in [3.8, 4) is 0 Å². The van der Waals surface area contributed by atoms with Gasteiger partial charge in [0.2, 0.25) is 0 Å². The largest absolute Gasteiger partial charge is 0.369 e. The van der Waals surface area contributed by atoms with Gasteiger partial charge in [-0.3, -0.25) is 9.59 Å². The van der Waals surface area contributed by atoms with Gasteiger partial charge in [0.1, 0.15) is 0 Å². The molecular formula is C17H21NO2. The maximum atomic E-state index is 12.0. The quantitative estimate of drug-likeness (QED) is 0.772. The number of hydrogen-bond donors (Lipinski definition) is 0. The second kappa shape index (κ2) is 6.51. The Morgan fingerprint density at radius 2 is 2.00 bits per heavy atom. The molecule has 20 heavy (non-hydrogen) atoms. The molecule has 0 aromatic heterocycles. The zero-order valence-corrected chi connectivity index (χ0v) is 12.1.